The molecule has 0 amide bonds. The maximum atomic E-state index is 14.0. The molecule has 0 spiro atoms. The van der Waals surface area contributed by atoms with E-state index in [1.54, 1.807) is 44.2 Å². The van der Waals surface area contributed by atoms with Crippen molar-refractivity contribution in [3.05, 3.63) is 130 Å². The number of halogens is 3. The molecule has 0 radical (unpaired) electrons. The third-order valence-electron chi connectivity index (χ3n) is 6.53. The number of hydrogen-bond donors (Lipinski definition) is 0. The first-order valence-electron chi connectivity index (χ1n) is 12.8. The van der Waals surface area contributed by atoms with Crippen LogP contribution in [-0.2, 0) is 16.1 Å². The molecule has 10 heteroatoms. The lowest BCUT2D eigenvalue weighted by atomic mass is 9.95. The number of carbonyl (C=O) groups excluding carboxylic acids is 1. The molecule has 0 N–H and O–H groups in total. The second-order valence-corrected chi connectivity index (χ2v) is 11.3. The number of benzene rings is 3. The van der Waals surface area contributed by atoms with Gasteiger partial charge in [-0.2, -0.15) is 0 Å². The van der Waals surface area contributed by atoms with E-state index in [0.717, 1.165) is 16.7 Å². The molecule has 1 aliphatic heterocycles. The molecule has 41 heavy (non-hydrogen) atoms. The molecule has 0 bridgehead atoms. The standard InChI is InChI=1S/C31H25Cl2FN2O4S/c1-4-39-30(38)26-18(3)35-31-36(27(26)20-9-5-17(2)6-10-20)29(37)25(41-31)14-21-13-22(32)15-24(33)28(21)40-16-19-7-11-23(34)12-8-19/h5-15,27H,4,16H2,1-3H3/b25-14-/t27-/m1/s1. The number of ether oxygens (including phenoxy) is 2. The molecule has 5 rings (SSSR count). The van der Waals surface area contributed by atoms with Gasteiger partial charge in [-0.25, -0.2) is 14.2 Å². The minimum atomic E-state index is -0.717. The molecule has 0 aliphatic carbocycles. The highest BCUT2D eigenvalue weighted by atomic mass is 35.5. The molecule has 4 aromatic rings. The number of esters is 1. The zero-order chi connectivity index (χ0) is 29.3. The van der Waals surface area contributed by atoms with Crippen LogP contribution in [0.5, 0.6) is 5.75 Å². The average Bonchev–Trinajstić information content (AvgIpc) is 3.23. The lowest BCUT2D eigenvalue weighted by Crippen LogP contribution is -2.39. The summed E-state index contributed by atoms with van der Waals surface area (Å²) in [6, 6.07) is 16.1. The minimum Gasteiger partial charge on any atom is -0.487 e. The van der Waals surface area contributed by atoms with Crippen molar-refractivity contribution in [2.45, 2.75) is 33.4 Å². The Balaban J connectivity index is 1.64. The van der Waals surface area contributed by atoms with Gasteiger partial charge >= 0.3 is 5.97 Å². The van der Waals surface area contributed by atoms with E-state index in [2.05, 4.69) is 4.99 Å². The molecular formula is C31H25Cl2FN2O4S. The maximum absolute atomic E-state index is 14.0. The van der Waals surface area contributed by atoms with E-state index >= 15 is 0 Å². The summed E-state index contributed by atoms with van der Waals surface area (Å²) in [6.07, 6.45) is 1.65. The maximum Gasteiger partial charge on any atom is 0.338 e. The molecule has 210 valence electrons. The summed E-state index contributed by atoms with van der Waals surface area (Å²) < 4.78 is 26.6. The van der Waals surface area contributed by atoms with E-state index in [9.17, 15) is 14.0 Å². The molecule has 0 saturated heterocycles. The molecule has 6 nitrogen and oxygen atoms in total. The van der Waals surface area contributed by atoms with Crippen LogP contribution in [0.15, 0.2) is 81.7 Å². The zero-order valence-corrected chi connectivity index (χ0v) is 24.7. The van der Waals surface area contributed by atoms with Gasteiger partial charge in [0.25, 0.3) is 5.56 Å². The first kappa shape index (κ1) is 28.8. The Hall–Kier alpha value is -3.72. The van der Waals surface area contributed by atoms with Gasteiger partial charge in [-0.1, -0.05) is 76.5 Å². The average molecular weight is 612 g/mol. The summed E-state index contributed by atoms with van der Waals surface area (Å²) in [5.41, 5.74) is 3.49. The summed E-state index contributed by atoms with van der Waals surface area (Å²) >= 11 is 14.0. The van der Waals surface area contributed by atoms with Crippen molar-refractivity contribution >= 4 is 46.6 Å². The van der Waals surface area contributed by atoms with Crippen LogP contribution in [0.25, 0.3) is 6.08 Å². The predicted octanol–water partition coefficient (Wildman–Crippen LogP) is 6.13. The van der Waals surface area contributed by atoms with Crippen molar-refractivity contribution in [1.82, 2.24) is 4.57 Å². The third kappa shape index (κ3) is 6.00. The zero-order valence-electron chi connectivity index (χ0n) is 22.4. The number of hydrogen-bond acceptors (Lipinski definition) is 6. The molecule has 0 fully saturated rings. The van der Waals surface area contributed by atoms with Crippen LogP contribution in [0.3, 0.4) is 0 Å². The van der Waals surface area contributed by atoms with Crippen molar-refractivity contribution in [1.29, 1.82) is 0 Å². The second kappa shape index (κ2) is 12.0. The van der Waals surface area contributed by atoms with Gasteiger partial charge < -0.3 is 9.47 Å². The normalized spacial score (nSPS) is 15.0. The first-order chi connectivity index (χ1) is 19.7. The highest BCUT2D eigenvalue weighted by molar-refractivity contribution is 7.07. The van der Waals surface area contributed by atoms with Crippen molar-refractivity contribution < 1.29 is 18.7 Å². The number of thiazole rings is 1. The fraction of sp³-hybridized carbons (Fsp3) is 0.194. The van der Waals surface area contributed by atoms with E-state index in [1.807, 2.05) is 31.2 Å². The molecule has 3 aromatic carbocycles. The van der Waals surface area contributed by atoms with Gasteiger partial charge in [-0.15, -0.1) is 0 Å². The Labute approximate surface area is 249 Å². The number of aromatic nitrogens is 1. The largest absolute Gasteiger partial charge is 0.487 e. The van der Waals surface area contributed by atoms with Gasteiger partial charge in [-0.3, -0.25) is 9.36 Å². The fourth-order valence-corrected chi connectivity index (χ4v) is 6.17. The van der Waals surface area contributed by atoms with Gasteiger partial charge in [0.2, 0.25) is 0 Å². The van der Waals surface area contributed by atoms with E-state index in [1.165, 1.54) is 28.0 Å². The van der Waals surface area contributed by atoms with Crippen LogP contribution in [0.1, 0.15) is 42.1 Å². The number of nitrogens with zero attached hydrogens (tertiary/aromatic N) is 2. The van der Waals surface area contributed by atoms with E-state index in [0.29, 0.717) is 36.9 Å². The number of fused-ring (bicyclic) bond motifs is 1. The SMILES string of the molecule is CCOC(=O)C1=C(C)N=c2s/c(=C\c3cc(Cl)cc(Cl)c3OCc3ccc(F)cc3)c(=O)n2[C@@H]1c1ccc(C)cc1. The Morgan fingerprint density at radius 1 is 1.10 bits per heavy atom. The van der Waals surface area contributed by atoms with Crippen LogP contribution in [0.4, 0.5) is 4.39 Å². The van der Waals surface area contributed by atoms with Crippen LogP contribution >= 0.6 is 34.5 Å². The van der Waals surface area contributed by atoms with Crippen LogP contribution in [0, 0.1) is 12.7 Å². The van der Waals surface area contributed by atoms with Crippen LogP contribution in [0.2, 0.25) is 10.0 Å². The van der Waals surface area contributed by atoms with Crippen molar-refractivity contribution in [2.75, 3.05) is 6.61 Å². The highest BCUT2D eigenvalue weighted by Gasteiger charge is 2.33. The molecular weight excluding hydrogens is 586 g/mol. The fourth-order valence-electron chi connectivity index (χ4n) is 4.57. The lowest BCUT2D eigenvalue weighted by Gasteiger charge is -2.24. The summed E-state index contributed by atoms with van der Waals surface area (Å²) in [4.78, 5) is 32.1. The third-order valence-corrected chi connectivity index (χ3v) is 8.01. The molecule has 1 aliphatic rings. The number of allylic oxidation sites excluding steroid dienone is 1. The Kier molecular flexibility index (Phi) is 8.45. The highest BCUT2D eigenvalue weighted by Crippen LogP contribution is 2.34. The molecule has 0 unspecified atom stereocenters. The summed E-state index contributed by atoms with van der Waals surface area (Å²) in [6.45, 7) is 5.75. The van der Waals surface area contributed by atoms with E-state index < -0.39 is 12.0 Å². The summed E-state index contributed by atoms with van der Waals surface area (Å²) in [5.74, 6) is -0.545. The Morgan fingerprint density at radius 3 is 2.49 bits per heavy atom. The molecule has 1 aromatic heterocycles. The van der Waals surface area contributed by atoms with Gasteiger partial charge in [-0.05, 0) is 62.2 Å². The van der Waals surface area contributed by atoms with Crippen molar-refractivity contribution in [3.63, 3.8) is 0 Å². The van der Waals surface area contributed by atoms with Gasteiger partial charge in [0.15, 0.2) is 4.80 Å². The molecule has 2 heterocycles. The van der Waals surface area contributed by atoms with Gasteiger partial charge in [0, 0.05) is 10.6 Å². The molecule has 0 saturated carbocycles. The smallest absolute Gasteiger partial charge is 0.338 e. The first-order valence-corrected chi connectivity index (χ1v) is 14.4. The Morgan fingerprint density at radius 2 is 1.80 bits per heavy atom. The second-order valence-electron chi connectivity index (χ2n) is 9.43. The lowest BCUT2D eigenvalue weighted by molar-refractivity contribution is -0.139. The van der Waals surface area contributed by atoms with Crippen LogP contribution in [-0.4, -0.2) is 17.1 Å². The van der Waals surface area contributed by atoms with Crippen LogP contribution < -0.4 is 19.6 Å². The monoisotopic (exact) mass is 610 g/mol. The minimum absolute atomic E-state index is 0.124. The van der Waals surface area contributed by atoms with Crippen molar-refractivity contribution in [2.24, 2.45) is 4.99 Å². The number of carbonyl (C=O) groups is 1. The topological polar surface area (TPSA) is 69.9 Å². The number of aryl methyl sites for hydroxylation is 1. The predicted molar refractivity (Wildman–Crippen MR) is 159 cm³/mol. The number of rotatable bonds is 7. The quantitative estimate of drug-likeness (QED) is 0.236. The molecule has 1 atom stereocenters. The van der Waals surface area contributed by atoms with Gasteiger partial charge in [0.05, 0.1) is 33.5 Å². The summed E-state index contributed by atoms with van der Waals surface area (Å²) in [5, 5.41) is 0.623. The van der Waals surface area contributed by atoms with E-state index in [4.69, 9.17) is 32.7 Å². The van der Waals surface area contributed by atoms with E-state index in [-0.39, 0.29) is 29.6 Å². The summed E-state index contributed by atoms with van der Waals surface area (Å²) in [7, 11) is 0. The van der Waals surface area contributed by atoms with Crippen molar-refractivity contribution in [3.8, 4) is 5.75 Å². The Bertz CT molecular complexity index is 1850. The van der Waals surface area contributed by atoms with Gasteiger partial charge in [0.1, 0.15) is 18.2 Å².